The molecule has 1 N–H and O–H groups in total. The van der Waals surface area contributed by atoms with Crippen molar-refractivity contribution in [2.24, 2.45) is 5.41 Å². The molecule has 1 amide bonds. The van der Waals surface area contributed by atoms with E-state index < -0.39 is 0 Å². The maximum Gasteiger partial charge on any atom is 0.244 e. The molecule has 1 aliphatic heterocycles. The molecule has 25 heavy (non-hydrogen) atoms. The van der Waals surface area contributed by atoms with Gasteiger partial charge >= 0.3 is 0 Å². The smallest absolute Gasteiger partial charge is 0.244 e. The van der Waals surface area contributed by atoms with Gasteiger partial charge in [0.15, 0.2) is 0 Å². The maximum atomic E-state index is 12.7. The number of hydrogen-bond acceptors (Lipinski definition) is 4. The van der Waals surface area contributed by atoms with Crippen molar-refractivity contribution in [2.45, 2.75) is 44.9 Å². The summed E-state index contributed by atoms with van der Waals surface area (Å²) in [5.41, 5.74) is 0.834. The molecule has 0 bridgehead atoms. The molecular formula is C19H25N3O3. The number of carbonyl (C=O) groups is 1. The first-order valence-corrected chi connectivity index (χ1v) is 9.12. The molecule has 6 nitrogen and oxygen atoms in total. The zero-order chi connectivity index (χ0) is 17.4. The monoisotopic (exact) mass is 343 g/mol. The molecule has 134 valence electrons. The highest BCUT2D eigenvalue weighted by atomic mass is 16.5. The highest BCUT2D eigenvalue weighted by molar-refractivity contribution is 5.82. The summed E-state index contributed by atoms with van der Waals surface area (Å²) in [4.78, 5) is 14.6. The molecular weight excluding hydrogens is 318 g/mol. The molecule has 6 heteroatoms. The fraction of sp³-hybridized carbons (Fsp3) is 0.579. The number of ether oxygens (including phenoxy) is 1. The minimum absolute atomic E-state index is 0.0884. The third kappa shape index (κ3) is 2.73. The quantitative estimate of drug-likeness (QED) is 0.919. The van der Waals surface area contributed by atoms with E-state index in [1.165, 1.54) is 0 Å². The lowest BCUT2D eigenvalue weighted by Crippen LogP contribution is -2.62. The highest BCUT2D eigenvalue weighted by Gasteiger charge is 2.56. The Morgan fingerprint density at radius 1 is 1.36 bits per heavy atom. The number of rotatable bonds is 4. The lowest BCUT2D eigenvalue weighted by molar-refractivity contribution is -0.210. The van der Waals surface area contributed by atoms with Gasteiger partial charge in [-0.2, -0.15) is 5.10 Å². The fourth-order valence-electron chi connectivity index (χ4n) is 4.37. The third-order valence-electron chi connectivity index (χ3n) is 5.99. The number of amides is 1. The summed E-state index contributed by atoms with van der Waals surface area (Å²) in [7, 11) is 0. The van der Waals surface area contributed by atoms with Gasteiger partial charge in [0.1, 0.15) is 6.54 Å². The van der Waals surface area contributed by atoms with Crippen LogP contribution in [0.15, 0.2) is 30.5 Å². The molecule has 1 spiro atoms. The zero-order valence-corrected chi connectivity index (χ0v) is 14.6. The van der Waals surface area contributed by atoms with Crippen LogP contribution < -0.4 is 0 Å². The van der Waals surface area contributed by atoms with Crippen molar-refractivity contribution in [1.29, 1.82) is 0 Å². The lowest BCUT2D eigenvalue weighted by atomic mass is 9.58. The van der Waals surface area contributed by atoms with E-state index in [0.717, 1.165) is 30.2 Å². The van der Waals surface area contributed by atoms with Gasteiger partial charge in [0.25, 0.3) is 0 Å². The van der Waals surface area contributed by atoms with Crippen LogP contribution in [-0.4, -0.2) is 57.6 Å². The third-order valence-corrected chi connectivity index (χ3v) is 5.99. The van der Waals surface area contributed by atoms with E-state index in [9.17, 15) is 9.90 Å². The number of likely N-dealkylation sites (tertiary alicyclic amines) is 1. The van der Waals surface area contributed by atoms with Crippen LogP contribution in [0.25, 0.3) is 10.9 Å². The van der Waals surface area contributed by atoms with Crippen LogP contribution >= 0.6 is 0 Å². The van der Waals surface area contributed by atoms with E-state index in [1.807, 2.05) is 36.1 Å². The molecule has 2 fully saturated rings. The van der Waals surface area contributed by atoms with Crippen molar-refractivity contribution in [3.05, 3.63) is 30.5 Å². The number of aliphatic hydroxyl groups is 1. The van der Waals surface area contributed by atoms with E-state index >= 15 is 0 Å². The Morgan fingerprint density at radius 2 is 2.12 bits per heavy atom. The normalized spacial score (nSPS) is 25.3. The average molecular weight is 343 g/mol. The SMILES string of the molecule is CCO[C@@H]1C[C@@H](O)C12CCN(C(=O)Cn1ncc3ccccc31)CC2. The van der Waals surface area contributed by atoms with Gasteiger partial charge in [-0.1, -0.05) is 18.2 Å². The second-order valence-corrected chi connectivity index (χ2v) is 7.17. The molecule has 1 saturated heterocycles. The van der Waals surface area contributed by atoms with Crippen molar-refractivity contribution in [3.8, 4) is 0 Å². The molecule has 2 heterocycles. The Bertz CT molecular complexity index is 762. The fourth-order valence-corrected chi connectivity index (χ4v) is 4.37. The number of benzene rings is 1. The number of aromatic nitrogens is 2. The second kappa shape index (κ2) is 6.42. The predicted octanol–water partition coefficient (Wildman–Crippen LogP) is 1.81. The molecule has 2 aromatic rings. The number of hydrogen-bond donors (Lipinski definition) is 1. The number of fused-ring (bicyclic) bond motifs is 1. The summed E-state index contributed by atoms with van der Waals surface area (Å²) in [6, 6.07) is 7.92. The van der Waals surface area contributed by atoms with Gasteiger partial charge in [0.2, 0.25) is 5.91 Å². The summed E-state index contributed by atoms with van der Waals surface area (Å²) >= 11 is 0. The molecule has 2 aliphatic rings. The molecule has 1 aromatic carbocycles. The first-order chi connectivity index (χ1) is 12.1. The van der Waals surface area contributed by atoms with Gasteiger partial charge < -0.3 is 14.7 Å². The van der Waals surface area contributed by atoms with Gasteiger partial charge in [0.05, 0.1) is 23.9 Å². The zero-order valence-electron chi connectivity index (χ0n) is 14.6. The Balaban J connectivity index is 1.40. The van der Waals surface area contributed by atoms with Crippen LogP contribution in [0.5, 0.6) is 0 Å². The molecule has 1 saturated carbocycles. The van der Waals surface area contributed by atoms with Gasteiger partial charge in [-0.3, -0.25) is 9.48 Å². The first-order valence-electron chi connectivity index (χ1n) is 9.12. The van der Waals surface area contributed by atoms with Crippen LogP contribution in [0.2, 0.25) is 0 Å². The molecule has 1 aromatic heterocycles. The topological polar surface area (TPSA) is 67.6 Å². The number of piperidine rings is 1. The summed E-state index contributed by atoms with van der Waals surface area (Å²) in [6.07, 6.45) is 3.98. The Labute approximate surface area is 147 Å². The van der Waals surface area contributed by atoms with Crippen LogP contribution in [0.1, 0.15) is 26.2 Å². The van der Waals surface area contributed by atoms with Gasteiger partial charge in [-0.15, -0.1) is 0 Å². The first kappa shape index (κ1) is 16.5. The van der Waals surface area contributed by atoms with Crippen LogP contribution in [0.4, 0.5) is 0 Å². The minimum Gasteiger partial charge on any atom is -0.392 e. The summed E-state index contributed by atoms with van der Waals surface area (Å²) in [5.74, 6) is 0.0884. The van der Waals surface area contributed by atoms with Crippen LogP contribution in [0.3, 0.4) is 0 Å². The van der Waals surface area contributed by atoms with E-state index in [-0.39, 0.29) is 30.1 Å². The molecule has 0 unspecified atom stereocenters. The van der Waals surface area contributed by atoms with Gasteiger partial charge in [-0.05, 0) is 25.8 Å². The molecule has 1 aliphatic carbocycles. The second-order valence-electron chi connectivity index (χ2n) is 7.17. The molecule has 4 rings (SSSR count). The van der Waals surface area contributed by atoms with E-state index in [4.69, 9.17) is 4.74 Å². The average Bonchev–Trinajstić information content (AvgIpc) is 3.05. The van der Waals surface area contributed by atoms with Gasteiger partial charge in [0, 0.05) is 36.9 Å². The van der Waals surface area contributed by atoms with Gasteiger partial charge in [-0.25, -0.2) is 0 Å². The summed E-state index contributed by atoms with van der Waals surface area (Å²) < 4.78 is 7.56. The van der Waals surface area contributed by atoms with Crippen LogP contribution in [-0.2, 0) is 16.1 Å². The highest BCUT2D eigenvalue weighted by Crippen LogP contribution is 2.50. The number of nitrogens with zero attached hydrogens (tertiary/aromatic N) is 3. The summed E-state index contributed by atoms with van der Waals surface area (Å²) in [5, 5.41) is 15.7. The largest absolute Gasteiger partial charge is 0.392 e. The molecule has 0 radical (unpaired) electrons. The van der Waals surface area contributed by atoms with Crippen molar-refractivity contribution < 1.29 is 14.6 Å². The number of aliphatic hydroxyl groups excluding tert-OH is 1. The number of para-hydroxylation sites is 1. The standard InChI is InChI=1S/C19H25N3O3/c1-2-25-17-11-16(23)19(17)7-9-21(10-8-19)18(24)13-22-15-6-4-3-5-14(15)12-20-22/h3-6,12,16-17,23H,2,7-11,13H2,1H3/t16-,17-/m1/s1. The molecule has 2 atom stereocenters. The van der Waals surface area contributed by atoms with Crippen molar-refractivity contribution in [3.63, 3.8) is 0 Å². The maximum absolute atomic E-state index is 12.7. The van der Waals surface area contributed by atoms with Crippen molar-refractivity contribution in [1.82, 2.24) is 14.7 Å². The van der Waals surface area contributed by atoms with Crippen LogP contribution in [0, 0.1) is 5.41 Å². The lowest BCUT2D eigenvalue weighted by Gasteiger charge is -2.56. The van der Waals surface area contributed by atoms with E-state index in [1.54, 1.807) is 10.9 Å². The Morgan fingerprint density at radius 3 is 2.84 bits per heavy atom. The van der Waals surface area contributed by atoms with E-state index in [0.29, 0.717) is 19.7 Å². The minimum atomic E-state index is -0.295. The summed E-state index contributed by atoms with van der Waals surface area (Å²) in [6.45, 7) is 4.29. The van der Waals surface area contributed by atoms with Crippen molar-refractivity contribution in [2.75, 3.05) is 19.7 Å². The number of carbonyl (C=O) groups excluding carboxylic acids is 1. The Hall–Kier alpha value is -1.92. The predicted molar refractivity (Wildman–Crippen MR) is 94.0 cm³/mol. The van der Waals surface area contributed by atoms with E-state index in [2.05, 4.69) is 5.10 Å². The Kier molecular flexibility index (Phi) is 4.25. The van der Waals surface area contributed by atoms with Crippen molar-refractivity contribution >= 4 is 16.8 Å².